The number of aryl methyl sites for hydroxylation is 1. The summed E-state index contributed by atoms with van der Waals surface area (Å²) in [6.07, 6.45) is 0.0426. The van der Waals surface area contributed by atoms with Crippen LogP contribution in [-0.4, -0.2) is 35.4 Å². The number of ether oxygens (including phenoxy) is 2. The molecular formula is C14H17NO5. The summed E-state index contributed by atoms with van der Waals surface area (Å²) in [5.74, 6) is -1.25. The molecule has 1 atom stereocenters. The third-order valence-corrected chi connectivity index (χ3v) is 3.34. The van der Waals surface area contributed by atoms with Gasteiger partial charge in [0.25, 0.3) is 0 Å². The number of rotatable bonds is 4. The van der Waals surface area contributed by atoms with Crippen LogP contribution in [-0.2, 0) is 20.7 Å². The van der Waals surface area contributed by atoms with Gasteiger partial charge in [-0.3, -0.25) is 4.79 Å². The normalized spacial score (nSPS) is 17.9. The summed E-state index contributed by atoms with van der Waals surface area (Å²) >= 11 is 0. The average molecular weight is 279 g/mol. The molecule has 0 bridgehead atoms. The van der Waals surface area contributed by atoms with Gasteiger partial charge in [-0.25, -0.2) is 9.59 Å². The number of aromatic nitrogens is 1. The second kappa shape index (κ2) is 5.48. The van der Waals surface area contributed by atoms with Crippen molar-refractivity contribution in [2.45, 2.75) is 39.7 Å². The molecule has 2 heterocycles. The Balaban J connectivity index is 2.28. The largest absolute Gasteiger partial charge is 0.463 e. The van der Waals surface area contributed by atoms with Crippen molar-refractivity contribution in [3.63, 3.8) is 0 Å². The zero-order valence-corrected chi connectivity index (χ0v) is 11.7. The lowest BCUT2D eigenvalue weighted by atomic mass is 10.0. The topological polar surface area (TPSA) is 85.5 Å². The van der Waals surface area contributed by atoms with Gasteiger partial charge in [-0.15, -0.1) is 0 Å². The van der Waals surface area contributed by atoms with E-state index in [1.807, 2.05) is 6.92 Å². The number of aromatic amines is 1. The van der Waals surface area contributed by atoms with Crippen LogP contribution < -0.4 is 0 Å². The molecule has 0 aromatic carbocycles. The first kappa shape index (κ1) is 14.3. The van der Waals surface area contributed by atoms with Crippen molar-refractivity contribution in [3.05, 3.63) is 22.5 Å². The molecular weight excluding hydrogens is 262 g/mol. The highest BCUT2D eigenvalue weighted by Gasteiger charge is 2.32. The summed E-state index contributed by atoms with van der Waals surface area (Å²) in [6.45, 7) is 5.31. The molecule has 0 unspecified atom stereocenters. The van der Waals surface area contributed by atoms with Crippen molar-refractivity contribution in [2.75, 3.05) is 6.61 Å². The summed E-state index contributed by atoms with van der Waals surface area (Å²) in [4.78, 5) is 38.0. The first-order valence-electron chi connectivity index (χ1n) is 6.55. The molecule has 1 fully saturated rings. The number of hydrogen-bond acceptors (Lipinski definition) is 5. The van der Waals surface area contributed by atoms with Crippen LogP contribution >= 0.6 is 0 Å². The van der Waals surface area contributed by atoms with E-state index in [1.54, 1.807) is 6.92 Å². The number of esters is 2. The maximum Gasteiger partial charge on any atom is 0.355 e. The van der Waals surface area contributed by atoms with Gasteiger partial charge >= 0.3 is 11.9 Å². The second-order valence-corrected chi connectivity index (χ2v) is 4.74. The first-order chi connectivity index (χ1) is 9.45. The van der Waals surface area contributed by atoms with Crippen LogP contribution in [0.2, 0.25) is 0 Å². The molecule has 1 aromatic heterocycles. The zero-order chi connectivity index (χ0) is 14.9. The fourth-order valence-corrected chi connectivity index (χ4v) is 2.45. The lowest BCUT2D eigenvalue weighted by Crippen LogP contribution is -2.23. The SMILES string of the molecule is CCc1c(C(=O)O[C@H]2CCOC2=O)[nH]c(C)c1C(C)=O. The Morgan fingerprint density at radius 1 is 1.45 bits per heavy atom. The maximum atomic E-state index is 12.1. The Kier molecular flexibility index (Phi) is 3.92. The summed E-state index contributed by atoms with van der Waals surface area (Å²) < 4.78 is 9.89. The summed E-state index contributed by atoms with van der Waals surface area (Å²) in [5, 5.41) is 0. The van der Waals surface area contributed by atoms with Crippen LogP contribution in [0, 0.1) is 6.92 Å². The lowest BCUT2D eigenvalue weighted by molar-refractivity contribution is -0.145. The third kappa shape index (κ3) is 2.45. The van der Waals surface area contributed by atoms with Gasteiger partial charge in [0.05, 0.1) is 6.61 Å². The molecule has 1 aromatic rings. The highest BCUT2D eigenvalue weighted by Crippen LogP contribution is 2.22. The van der Waals surface area contributed by atoms with Gasteiger partial charge in [0.1, 0.15) is 5.69 Å². The molecule has 6 heteroatoms. The van der Waals surface area contributed by atoms with Crippen LogP contribution in [0.1, 0.15) is 52.4 Å². The summed E-state index contributed by atoms with van der Waals surface area (Å²) in [7, 11) is 0. The predicted molar refractivity (Wildman–Crippen MR) is 69.7 cm³/mol. The van der Waals surface area contributed by atoms with Crippen molar-refractivity contribution in [1.29, 1.82) is 0 Å². The van der Waals surface area contributed by atoms with E-state index in [2.05, 4.69) is 4.98 Å². The van der Waals surface area contributed by atoms with Crippen molar-refractivity contribution < 1.29 is 23.9 Å². The van der Waals surface area contributed by atoms with Gasteiger partial charge in [-0.2, -0.15) is 0 Å². The zero-order valence-electron chi connectivity index (χ0n) is 11.7. The fraction of sp³-hybridized carbons (Fsp3) is 0.500. The van der Waals surface area contributed by atoms with Crippen LogP contribution in [0.15, 0.2) is 0 Å². The van der Waals surface area contributed by atoms with E-state index >= 15 is 0 Å². The second-order valence-electron chi connectivity index (χ2n) is 4.74. The van der Waals surface area contributed by atoms with E-state index in [9.17, 15) is 14.4 Å². The van der Waals surface area contributed by atoms with Gasteiger partial charge in [-0.05, 0) is 25.8 Å². The minimum Gasteiger partial charge on any atom is -0.463 e. The smallest absolute Gasteiger partial charge is 0.355 e. The molecule has 1 saturated heterocycles. The number of Topliss-reactive ketones (excluding diaryl/α,β-unsaturated/α-hetero) is 1. The molecule has 0 saturated carbocycles. The maximum absolute atomic E-state index is 12.1. The molecule has 1 aliphatic rings. The van der Waals surface area contributed by atoms with Gasteiger partial charge in [-0.1, -0.05) is 6.92 Å². The molecule has 0 spiro atoms. The van der Waals surface area contributed by atoms with E-state index in [1.165, 1.54) is 6.92 Å². The molecule has 0 amide bonds. The fourth-order valence-electron chi connectivity index (χ4n) is 2.45. The molecule has 1 N–H and O–H groups in total. The number of carbonyl (C=O) groups is 3. The Labute approximate surface area is 116 Å². The van der Waals surface area contributed by atoms with Crippen molar-refractivity contribution in [1.82, 2.24) is 4.98 Å². The minimum atomic E-state index is -0.850. The highest BCUT2D eigenvalue weighted by molar-refractivity contribution is 6.01. The number of hydrogen-bond donors (Lipinski definition) is 1. The van der Waals surface area contributed by atoms with Crippen LogP contribution in [0.5, 0.6) is 0 Å². The predicted octanol–water partition coefficient (Wildman–Crippen LogP) is 1.56. The van der Waals surface area contributed by atoms with Gasteiger partial charge in [0, 0.05) is 17.7 Å². The molecule has 1 aliphatic heterocycles. The van der Waals surface area contributed by atoms with E-state index in [4.69, 9.17) is 9.47 Å². The highest BCUT2D eigenvalue weighted by atomic mass is 16.6. The van der Waals surface area contributed by atoms with Gasteiger partial charge in [0.15, 0.2) is 5.78 Å². The van der Waals surface area contributed by atoms with Crippen LogP contribution in [0.25, 0.3) is 0 Å². The average Bonchev–Trinajstić information content (AvgIpc) is 2.93. The number of cyclic esters (lactones) is 1. The summed E-state index contributed by atoms with van der Waals surface area (Å²) in [5.41, 5.74) is 2.03. The van der Waals surface area contributed by atoms with Crippen LogP contribution in [0.4, 0.5) is 0 Å². The van der Waals surface area contributed by atoms with Gasteiger partial charge < -0.3 is 14.5 Å². The molecule has 108 valence electrons. The number of carbonyl (C=O) groups excluding carboxylic acids is 3. The third-order valence-electron chi connectivity index (χ3n) is 3.34. The van der Waals surface area contributed by atoms with Crippen molar-refractivity contribution >= 4 is 17.7 Å². The summed E-state index contributed by atoms with van der Waals surface area (Å²) in [6, 6.07) is 0. The monoisotopic (exact) mass is 279 g/mol. The van der Waals surface area contributed by atoms with E-state index in [0.29, 0.717) is 29.7 Å². The Hall–Kier alpha value is -2.11. The lowest BCUT2D eigenvalue weighted by Gasteiger charge is -2.08. The Morgan fingerprint density at radius 2 is 2.15 bits per heavy atom. The number of H-pyrrole nitrogens is 1. The molecule has 2 rings (SSSR count). The Morgan fingerprint density at radius 3 is 2.65 bits per heavy atom. The number of nitrogens with one attached hydrogen (secondary N) is 1. The quantitative estimate of drug-likeness (QED) is 0.667. The van der Waals surface area contributed by atoms with E-state index in [-0.39, 0.29) is 18.1 Å². The first-order valence-corrected chi connectivity index (χ1v) is 6.55. The minimum absolute atomic E-state index is 0.102. The number of ketones is 1. The van der Waals surface area contributed by atoms with E-state index in [0.717, 1.165) is 0 Å². The van der Waals surface area contributed by atoms with Crippen LogP contribution in [0.3, 0.4) is 0 Å². The van der Waals surface area contributed by atoms with E-state index < -0.39 is 18.0 Å². The molecule has 0 aliphatic carbocycles. The Bertz CT molecular complexity index is 572. The standard InChI is InChI=1S/C14H17NO5/c1-4-9-11(8(3)16)7(2)15-12(9)14(18)20-10-5-6-19-13(10)17/h10,15H,4-6H2,1-3H3/t10-/m0/s1. The molecule has 0 radical (unpaired) electrons. The van der Waals surface area contributed by atoms with Crippen molar-refractivity contribution in [3.8, 4) is 0 Å². The molecule has 20 heavy (non-hydrogen) atoms. The van der Waals surface area contributed by atoms with Gasteiger partial charge in [0.2, 0.25) is 6.10 Å². The van der Waals surface area contributed by atoms with Crippen molar-refractivity contribution in [2.24, 2.45) is 0 Å². The molecule has 6 nitrogen and oxygen atoms in total.